The number of nitrogens with zero attached hydrogens (tertiary/aromatic N) is 3. The van der Waals surface area contributed by atoms with Gasteiger partial charge >= 0.3 is 0 Å². The van der Waals surface area contributed by atoms with Crippen molar-refractivity contribution in [3.63, 3.8) is 0 Å². The summed E-state index contributed by atoms with van der Waals surface area (Å²) in [6.45, 7) is 11.0. The van der Waals surface area contributed by atoms with Crippen LogP contribution in [0, 0.1) is 13.8 Å². The van der Waals surface area contributed by atoms with Crippen molar-refractivity contribution in [2.75, 3.05) is 44.7 Å². The van der Waals surface area contributed by atoms with Crippen LogP contribution in [-0.4, -0.2) is 55.6 Å². The van der Waals surface area contributed by atoms with E-state index in [4.69, 9.17) is 4.98 Å². The van der Waals surface area contributed by atoms with E-state index >= 15 is 0 Å². The molecule has 25 heavy (non-hydrogen) atoms. The summed E-state index contributed by atoms with van der Waals surface area (Å²) in [6, 6.07) is 0. The first-order valence-electron chi connectivity index (χ1n) is 9.13. The fourth-order valence-electron chi connectivity index (χ4n) is 3.23. The van der Waals surface area contributed by atoms with Crippen molar-refractivity contribution in [3.8, 4) is 0 Å². The van der Waals surface area contributed by atoms with E-state index < -0.39 is 0 Å². The van der Waals surface area contributed by atoms with Gasteiger partial charge < -0.3 is 15.1 Å². The molecule has 0 atom stereocenters. The van der Waals surface area contributed by atoms with Crippen molar-refractivity contribution in [1.29, 1.82) is 0 Å². The van der Waals surface area contributed by atoms with Crippen molar-refractivity contribution in [2.45, 2.75) is 33.6 Å². The van der Waals surface area contributed by atoms with Crippen molar-refractivity contribution >= 4 is 33.3 Å². The summed E-state index contributed by atoms with van der Waals surface area (Å²) in [7, 11) is 2.23. The molecule has 2 aromatic heterocycles. The van der Waals surface area contributed by atoms with Crippen LogP contribution in [0.25, 0.3) is 10.2 Å². The van der Waals surface area contributed by atoms with Crippen LogP contribution >= 0.6 is 11.3 Å². The van der Waals surface area contributed by atoms with E-state index in [1.54, 1.807) is 4.90 Å². The monoisotopic (exact) mass is 362 g/mol. The zero-order valence-corrected chi connectivity index (χ0v) is 16.4. The number of aromatic nitrogens is 2. The molecule has 1 fully saturated rings. The Bertz CT molecular complexity index is 764. The van der Waals surface area contributed by atoms with Gasteiger partial charge in [0, 0.05) is 6.54 Å². The first-order chi connectivity index (χ1) is 12.0. The molecule has 0 bridgehead atoms. The van der Waals surface area contributed by atoms with E-state index in [0.717, 1.165) is 77.9 Å². The minimum atomic E-state index is 0.0142. The van der Waals surface area contributed by atoms with Crippen LogP contribution in [0.5, 0.6) is 0 Å². The minimum Gasteiger partial charge on any atom is -0.351 e. The number of quaternary nitrogens is 1. The van der Waals surface area contributed by atoms with Gasteiger partial charge in [-0.15, -0.1) is 11.3 Å². The number of hydrogen-bond acceptors (Lipinski definition) is 5. The van der Waals surface area contributed by atoms with E-state index in [0.29, 0.717) is 0 Å². The molecule has 1 saturated heterocycles. The Morgan fingerprint density at radius 2 is 2.00 bits per heavy atom. The largest absolute Gasteiger partial charge is 0.351 e. The summed E-state index contributed by atoms with van der Waals surface area (Å²) >= 11 is 1.49. The minimum absolute atomic E-state index is 0.0142. The molecule has 0 unspecified atom stereocenters. The fourth-order valence-corrected chi connectivity index (χ4v) is 4.36. The average Bonchev–Trinajstić information content (AvgIpc) is 2.91. The van der Waals surface area contributed by atoms with Crippen LogP contribution in [0.15, 0.2) is 0 Å². The smallest absolute Gasteiger partial charge is 0.261 e. The standard InChI is InChI=1S/C18H27N5OS/c1-5-6-7-19-17(24)15-12(2)14-16(20-13(3)21-18(14)25-15)23-10-8-22(4)9-11-23/h5-11H2,1-4H3,(H,19,24)/p+1. The zero-order valence-electron chi connectivity index (χ0n) is 15.6. The molecule has 3 rings (SSSR count). The van der Waals surface area contributed by atoms with E-state index in [2.05, 4.69) is 29.2 Å². The number of nitrogens with one attached hydrogen (secondary N) is 2. The summed E-state index contributed by atoms with van der Waals surface area (Å²) < 4.78 is 0. The topological polar surface area (TPSA) is 62.6 Å². The second-order valence-electron chi connectivity index (χ2n) is 6.88. The third kappa shape index (κ3) is 3.77. The van der Waals surface area contributed by atoms with Gasteiger partial charge in [-0.1, -0.05) is 13.3 Å². The molecule has 0 aromatic carbocycles. The summed E-state index contributed by atoms with van der Waals surface area (Å²) in [5, 5.41) is 4.08. The van der Waals surface area contributed by atoms with Gasteiger partial charge in [0.1, 0.15) is 16.5 Å². The Hall–Kier alpha value is -1.73. The van der Waals surface area contributed by atoms with Gasteiger partial charge in [-0.3, -0.25) is 4.79 Å². The number of fused-ring (bicyclic) bond motifs is 1. The van der Waals surface area contributed by atoms with Gasteiger partial charge in [-0.25, -0.2) is 9.97 Å². The number of likely N-dealkylation sites (N-methyl/N-ethyl adjacent to an activating group) is 1. The van der Waals surface area contributed by atoms with Crippen LogP contribution in [0.3, 0.4) is 0 Å². The number of carbonyl (C=O) groups excluding carboxylic acids is 1. The van der Waals surface area contributed by atoms with Gasteiger partial charge in [-0.2, -0.15) is 0 Å². The molecule has 1 aliphatic rings. The summed E-state index contributed by atoms with van der Waals surface area (Å²) in [4.78, 5) is 27.5. The maximum absolute atomic E-state index is 12.6. The molecule has 2 N–H and O–H groups in total. The lowest BCUT2D eigenvalue weighted by atomic mass is 10.1. The molecule has 7 heteroatoms. The Labute approximate surface area is 153 Å². The lowest BCUT2D eigenvalue weighted by Crippen LogP contribution is -3.12. The Morgan fingerprint density at radius 3 is 2.68 bits per heavy atom. The lowest BCUT2D eigenvalue weighted by Gasteiger charge is -2.31. The quantitative estimate of drug-likeness (QED) is 0.784. The summed E-state index contributed by atoms with van der Waals surface area (Å²) in [5.41, 5.74) is 1.01. The summed E-state index contributed by atoms with van der Waals surface area (Å²) in [5.74, 6) is 1.78. The molecule has 2 aromatic rings. The number of hydrogen-bond donors (Lipinski definition) is 2. The fraction of sp³-hybridized carbons (Fsp3) is 0.611. The number of carbonyl (C=O) groups is 1. The summed E-state index contributed by atoms with van der Waals surface area (Å²) in [6.07, 6.45) is 2.08. The van der Waals surface area contributed by atoms with Gasteiger partial charge in [-0.05, 0) is 25.8 Å². The number of amides is 1. The van der Waals surface area contributed by atoms with E-state index in [1.165, 1.54) is 11.3 Å². The highest BCUT2D eigenvalue weighted by atomic mass is 32.1. The molecule has 0 spiro atoms. The highest BCUT2D eigenvalue weighted by molar-refractivity contribution is 7.20. The Morgan fingerprint density at radius 1 is 1.28 bits per heavy atom. The van der Waals surface area contributed by atoms with Gasteiger partial charge in [0.15, 0.2) is 0 Å². The predicted octanol–water partition coefficient (Wildman–Crippen LogP) is 1.17. The molecule has 0 saturated carbocycles. The third-order valence-electron chi connectivity index (χ3n) is 4.82. The number of rotatable bonds is 5. The molecule has 6 nitrogen and oxygen atoms in total. The normalized spacial score (nSPS) is 15.8. The average molecular weight is 363 g/mol. The van der Waals surface area contributed by atoms with Crippen molar-refractivity contribution in [3.05, 3.63) is 16.3 Å². The van der Waals surface area contributed by atoms with Crippen LogP contribution in [0.4, 0.5) is 5.82 Å². The van der Waals surface area contributed by atoms with Crippen LogP contribution < -0.4 is 15.1 Å². The SMILES string of the molecule is CCCCNC(=O)c1sc2nc(C)nc(N3CC[NH+](C)CC3)c2c1C. The highest BCUT2D eigenvalue weighted by Crippen LogP contribution is 2.35. The van der Waals surface area contributed by atoms with Crippen molar-refractivity contribution in [2.24, 2.45) is 0 Å². The Kier molecular flexibility index (Phi) is 5.54. The van der Waals surface area contributed by atoms with E-state index in [-0.39, 0.29) is 5.91 Å². The van der Waals surface area contributed by atoms with Gasteiger partial charge in [0.2, 0.25) is 0 Å². The first-order valence-corrected chi connectivity index (χ1v) is 9.95. The third-order valence-corrected chi connectivity index (χ3v) is 6.01. The van der Waals surface area contributed by atoms with Gasteiger partial charge in [0.25, 0.3) is 5.91 Å². The first kappa shape index (κ1) is 18.1. The number of piperazine rings is 1. The Balaban J connectivity index is 1.96. The lowest BCUT2D eigenvalue weighted by molar-refractivity contribution is -0.880. The molecule has 136 valence electrons. The molecule has 1 aliphatic heterocycles. The van der Waals surface area contributed by atoms with Crippen molar-refractivity contribution in [1.82, 2.24) is 15.3 Å². The van der Waals surface area contributed by atoms with Gasteiger partial charge in [0.05, 0.1) is 43.5 Å². The second-order valence-corrected chi connectivity index (χ2v) is 7.88. The van der Waals surface area contributed by atoms with Crippen LogP contribution in [0.1, 0.15) is 40.8 Å². The second kappa shape index (κ2) is 7.66. The van der Waals surface area contributed by atoms with E-state index in [9.17, 15) is 4.79 Å². The molecule has 0 radical (unpaired) electrons. The molecule has 0 aliphatic carbocycles. The molecule has 1 amide bonds. The highest BCUT2D eigenvalue weighted by Gasteiger charge is 2.25. The number of unbranched alkanes of at least 4 members (excludes halogenated alkanes) is 1. The van der Waals surface area contributed by atoms with Crippen molar-refractivity contribution < 1.29 is 9.69 Å². The molecular weight excluding hydrogens is 334 g/mol. The molecule has 3 heterocycles. The van der Waals surface area contributed by atoms with Crippen LogP contribution in [-0.2, 0) is 0 Å². The van der Waals surface area contributed by atoms with Crippen LogP contribution in [0.2, 0.25) is 0 Å². The predicted molar refractivity (Wildman–Crippen MR) is 103 cm³/mol. The van der Waals surface area contributed by atoms with E-state index in [1.807, 2.05) is 13.8 Å². The molecular formula is C18H28N5OS+. The number of thiophene rings is 1. The number of aryl methyl sites for hydroxylation is 2. The maximum atomic E-state index is 12.6. The number of anilines is 1. The zero-order chi connectivity index (χ0) is 18.0. The maximum Gasteiger partial charge on any atom is 0.261 e.